The summed E-state index contributed by atoms with van der Waals surface area (Å²) in [6, 6.07) is 10.1. The van der Waals surface area contributed by atoms with Gasteiger partial charge in [-0.15, -0.1) is 0 Å². The fraction of sp³-hybridized carbons (Fsp3) is 0.471. The zero-order valence-electron chi connectivity index (χ0n) is 11.7. The zero-order chi connectivity index (χ0) is 13.8. The van der Waals surface area contributed by atoms with E-state index in [4.69, 9.17) is 0 Å². The van der Waals surface area contributed by atoms with Crippen LogP contribution in [0.5, 0.6) is 0 Å². The van der Waals surface area contributed by atoms with Gasteiger partial charge in [0.1, 0.15) is 0 Å². The molecule has 2 nitrogen and oxygen atoms in total. The topological polar surface area (TPSA) is 33.1 Å². The van der Waals surface area contributed by atoms with Crippen molar-refractivity contribution < 1.29 is 5.11 Å². The van der Waals surface area contributed by atoms with Crippen LogP contribution in [0.2, 0.25) is 0 Å². The van der Waals surface area contributed by atoms with Gasteiger partial charge < -0.3 is 5.11 Å². The van der Waals surface area contributed by atoms with E-state index in [0.29, 0.717) is 0 Å². The highest BCUT2D eigenvalue weighted by Gasteiger charge is 2.16. The third-order valence-electron chi connectivity index (χ3n) is 4.06. The lowest BCUT2D eigenvalue weighted by molar-refractivity contribution is 0.204. The lowest BCUT2D eigenvalue weighted by Crippen LogP contribution is -2.11. The minimum Gasteiger partial charge on any atom is -0.388 e. The van der Waals surface area contributed by atoms with Gasteiger partial charge in [0.05, 0.1) is 11.6 Å². The van der Waals surface area contributed by atoms with Crippen molar-refractivity contribution in [2.75, 3.05) is 5.75 Å². The normalized spacial score (nSPS) is 18.2. The minimum atomic E-state index is -0.381. The van der Waals surface area contributed by atoms with Crippen LogP contribution in [0.4, 0.5) is 0 Å². The largest absolute Gasteiger partial charge is 0.388 e. The van der Waals surface area contributed by atoms with Crippen LogP contribution in [0.1, 0.15) is 43.8 Å². The quantitative estimate of drug-likeness (QED) is 0.908. The van der Waals surface area contributed by atoms with E-state index in [9.17, 15) is 5.11 Å². The van der Waals surface area contributed by atoms with E-state index < -0.39 is 0 Å². The van der Waals surface area contributed by atoms with Crippen molar-refractivity contribution in [2.24, 2.45) is 0 Å². The Bertz CT molecular complexity index is 566. The number of pyridine rings is 1. The highest BCUT2D eigenvalue weighted by molar-refractivity contribution is 7.99. The summed E-state index contributed by atoms with van der Waals surface area (Å²) < 4.78 is 0. The molecule has 1 aliphatic rings. The molecule has 1 atom stereocenters. The van der Waals surface area contributed by atoms with Gasteiger partial charge in [-0.2, -0.15) is 11.8 Å². The van der Waals surface area contributed by atoms with Crippen LogP contribution >= 0.6 is 11.8 Å². The molecule has 1 aromatic carbocycles. The maximum Gasteiger partial charge on any atom is 0.0881 e. The Morgan fingerprint density at radius 2 is 2.05 bits per heavy atom. The number of thioether (sulfide) groups is 1. The van der Waals surface area contributed by atoms with Gasteiger partial charge in [0.15, 0.2) is 0 Å². The first-order valence-corrected chi connectivity index (χ1v) is 8.52. The Kier molecular flexibility index (Phi) is 4.58. The summed E-state index contributed by atoms with van der Waals surface area (Å²) in [4.78, 5) is 4.36. The molecule has 0 bridgehead atoms. The van der Waals surface area contributed by atoms with E-state index in [1.54, 1.807) is 6.20 Å². The summed E-state index contributed by atoms with van der Waals surface area (Å²) in [6.07, 6.45) is 8.15. The molecule has 0 aliphatic heterocycles. The van der Waals surface area contributed by atoms with Crippen LogP contribution in [0, 0.1) is 0 Å². The summed E-state index contributed by atoms with van der Waals surface area (Å²) in [6.45, 7) is 0. The van der Waals surface area contributed by atoms with Crippen molar-refractivity contribution in [2.45, 2.75) is 43.5 Å². The highest BCUT2D eigenvalue weighted by Crippen LogP contribution is 2.31. The van der Waals surface area contributed by atoms with E-state index in [-0.39, 0.29) is 6.10 Å². The van der Waals surface area contributed by atoms with Crippen LogP contribution in [-0.4, -0.2) is 21.1 Å². The molecule has 0 spiro atoms. The fourth-order valence-electron chi connectivity index (χ4n) is 2.85. The lowest BCUT2D eigenvalue weighted by Gasteiger charge is -2.22. The summed E-state index contributed by atoms with van der Waals surface area (Å²) in [7, 11) is 0. The summed E-state index contributed by atoms with van der Waals surface area (Å²) in [5.41, 5.74) is 1.95. The Balaban J connectivity index is 1.64. The predicted octanol–water partition coefficient (Wildman–Crippen LogP) is 4.33. The second-order valence-corrected chi connectivity index (χ2v) is 6.90. The molecule has 3 heteroatoms. The molecule has 106 valence electrons. The molecular formula is C17H21NOS. The first-order valence-electron chi connectivity index (χ1n) is 7.47. The Morgan fingerprint density at radius 3 is 2.90 bits per heavy atom. The van der Waals surface area contributed by atoms with Crippen LogP contribution in [0.3, 0.4) is 0 Å². The monoisotopic (exact) mass is 287 g/mol. The van der Waals surface area contributed by atoms with Gasteiger partial charge in [0.2, 0.25) is 0 Å². The Morgan fingerprint density at radius 1 is 1.20 bits per heavy atom. The molecule has 3 rings (SSSR count). The number of aromatic nitrogens is 1. The van der Waals surface area contributed by atoms with E-state index in [2.05, 4.69) is 11.1 Å². The minimum absolute atomic E-state index is 0.381. The number of nitrogens with zero attached hydrogens (tertiary/aromatic N) is 1. The van der Waals surface area contributed by atoms with Gasteiger partial charge in [0.25, 0.3) is 0 Å². The molecule has 20 heavy (non-hydrogen) atoms. The van der Waals surface area contributed by atoms with Crippen molar-refractivity contribution >= 4 is 22.7 Å². The zero-order valence-corrected chi connectivity index (χ0v) is 12.5. The van der Waals surface area contributed by atoms with Crippen LogP contribution in [-0.2, 0) is 0 Å². The average molecular weight is 287 g/mol. The predicted molar refractivity (Wildman–Crippen MR) is 86.0 cm³/mol. The second-order valence-electron chi connectivity index (χ2n) is 5.56. The molecule has 0 amide bonds. The van der Waals surface area contributed by atoms with E-state index >= 15 is 0 Å². The van der Waals surface area contributed by atoms with Gasteiger partial charge >= 0.3 is 0 Å². The molecule has 0 saturated heterocycles. The third kappa shape index (κ3) is 3.33. The number of benzene rings is 1. The number of hydrogen-bond donors (Lipinski definition) is 1. The molecule has 1 N–H and O–H groups in total. The number of hydrogen-bond acceptors (Lipinski definition) is 3. The first kappa shape index (κ1) is 13.9. The molecule has 1 unspecified atom stereocenters. The smallest absolute Gasteiger partial charge is 0.0881 e. The lowest BCUT2D eigenvalue weighted by atomic mass is 10.0. The molecule has 1 aromatic heterocycles. The van der Waals surface area contributed by atoms with E-state index in [1.807, 2.05) is 36.0 Å². The van der Waals surface area contributed by atoms with Crippen LogP contribution < -0.4 is 0 Å². The molecule has 2 aromatic rings. The SMILES string of the molecule is OC(CSC1CCCCC1)c1ccc2cccnc2c1. The van der Waals surface area contributed by atoms with Crippen molar-refractivity contribution in [1.29, 1.82) is 0 Å². The molecule has 1 fully saturated rings. The van der Waals surface area contributed by atoms with E-state index in [1.165, 1.54) is 32.1 Å². The first-order chi connectivity index (χ1) is 9.83. The maximum absolute atomic E-state index is 10.4. The summed E-state index contributed by atoms with van der Waals surface area (Å²) in [5, 5.41) is 12.2. The standard InChI is InChI=1S/C17H21NOS/c19-17(12-20-15-6-2-1-3-7-15)14-9-8-13-5-4-10-18-16(13)11-14/h4-5,8-11,15,17,19H,1-3,6-7,12H2. The number of aliphatic hydroxyl groups excluding tert-OH is 1. The second kappa shape index (κ2) is 6.59. The van der Waals surface area contributed by atoms with Crippen LogP contribution in [0.25, 0.3) is 10.9 Å². The van der Waals surface area contributed by atoms with Gasteiger partial charge in [0, 0.05) is 22.6 Å². The van der Waals surface area contributed by atoms with Crippen molar-refractivity contribution in [3.8, 4) is 0 Å². The molecule has 1 heterocycles. The number of fused-ring (bicyclic) bond motifs is 1. The van der Waals surface area contributed by atoms with E-state index in [0.717, 1.165) is 27.5 Å². The van der Waals surface area contributed by atoms with Gasteiger partial charge in [-0.1, -0.05) is 37.5 Å². The van der Waals surface area contributed by atoms with Crippen molar-refractivity contribution in [3.63, 3.8) is 0 Å². The fourth-order valence-corrected chi connectivity index (χ4v) is 4.16. The van der Waals surface area contributed by atoms with Gasteiger partial charge in [-0.25, -0.2) is 0 Å². The number of rotatable bonds is 4. The van der Waals surface area contributed by atoms with Crippen molar-refractivity contribution in [3.05, 3.63) is 42.1 Å². The van der Waals surface area contributed by atoms with Crippen molar-refractivity contribution in [1.82, 2.24) is 4.98 Å². The molecule has 1 aliphatic carbocycles. The Labute approximate surface area is 124 Å². The Hall–Kier alpha value is -1.06. The summed E-state index contributed by atoms with van der Waals surface area (Å²) in [5.74, 6) is 0.795. The van der Waals surface area contributed by atoms with Gasteiger partial charge in [-0.05, 0) is 30.5 Å². The molecule has 1 saturated carbocycles. The average Bonchev–Trinajstić information content (AvgIpc) is 2.53. The molecule has 0 radical (unpaired) electrons. The third-order valence-corrected chi connectivity index (χ3v) is 5.51. The maximum atomic E-state index is 10.4. The summed E-state index contributed by atoms with van der Waals surface area (Å²) >= 11 is 1.94. The van der Waals surface area contributed by atoms with Gasteiger partial charge in [-0.3, -0.25) is 4.98 Å². The highest BCUT2D eigenvalue weighted by atomic mass is 32.2. The number of aliphatic hydroxyl groups is 1. The van der Waals surface area contributed by atoms with Crippen LogP contribution in [0.15, 0.2) is 36.5 Å². The molecular weight excluding hydrogens is 266 g/mol.